The number of likely N-dealkylation sites (tertiary alicyclic amines) is 1. The first kappa shape index (κ1) is 21.9. The van der Waals surface area contributed by atoms with Crippen molar-refractivity contribution >= 4 is 28.8 Å². The summed E-state index contributed by atoms with van der Waals surface area (Å²) in [5.41, 5.74) is 6.47. The first-order valence-corrected chi connectivity index (χ1v) is 11.4. The Morgan fingerprint density at radius 2 is 2.03 bits per heavy atom. The van der Waals surface area contributed by atoms with Crippen molar-refractivity contribution in [2.45, 2.75) is 26.2 Å². The van der Waals surface area contributed by atoms with E-state index in [0.717, 1.165) is 40.9 Å². The fourth-order valence-corrected chi connectivity index (χ4v) is 4.43. The monoisotopic (exact) mass is 462 g/mol. The Morgan fingerprint density at radius 3 is 2.79 bits per heavy atom. The maximum Gasteiger partial charge on any atom is 0.407 e. The van der Waals surface area contributed by atoms with Gasteiger partial charge in [0.2, 0.25) is 11.8 Å². The van der Waals surface area contributed by atoms with Crippen LogP contribution in [0.25, 0.3) is 22.6 Å². The van der Waals surface area contributed by atoms with Crippen molar-refractivity contribution < 1.29 is 23.8 Å². The molecule has 2 aromatic carbocycles. The average molecular weight is 463 g/mol. The second-order valence-electron chi connectivity index (χ2n) is 8.89. The first-order valence-electron chi connectivity index (χ1n) is 11.4. The van der Waals surface area contributed by atoms with E-state index in [9.17, 15) is 9.59 Å². The molecule has 1 fully saturated rings. The number of hydrogen-bond donors (Lipinski definition) is 2. The van der Waals surface area contributed by atoms with Crippen molar-refractivity contribution in [3.63, 3.8) is 0 Å². The number of ether oxygens (including phenoxy) is 1. The predicted octanol–water partition coefficient (Wildman–Crippen LogP) is 4.12. The van der Waals surface area contributed by atoms with Crippen molar-refractivity contribution in [1.82, 2.24) is 15.3 Å². The van der Waals surface area contributed by atoms with Gasteiger partial charge < -0.3 is 19.2 Å². The van der Waals surface area contributed by atoms with Gasteiger partial charge >= 0.3 is 6.09 Å². The van der Waals surface area contributed by atoms with E-state index >= 15 is 0 Å². The maximum atomic E-state index is 11.5. The highest BCUT2D eigenvalue weighted by Gasteiger charge is 2.24. The Bertz CT molecular complexity index is 1260. The van der Waals surface area contributed by atoms with Gasteiger partial charge in [-0.2, -0.15) is 5.10 Å². The molecular formula is C25H26N4O5. The lowest BCUT2D eigenvalue weighted by Gasteiger charge is -2.29. The third-order valence-electron chi connectivity index (χ3n) is 6.40. The van der Waals surface area contributed by atoms with E-state index in [2.05, 4.69) is 15.5 Å². The number of nitrogens with one attached hydrogen (secondary N) is 1. The number of carboxylic acid groups (broad SMARTS) is 1. The number of aromatic nitrogens is 1. The minimum atomic E-state index is -0.856. The van der Waals surface area contributed by atoms with Gasteiger partial charge in [-0.25, -0.2) is 15.2 Å². The lowest BCUT2D eigenvalue weighted by atomic mass is 9.94. The molecule has 1 unspecified atom stereocenters. The highest BCUT2D eigenvalue weighted by Crippen LogP contribution is 2.29. The molecule has 0 bridgehead atoms. The minimum Gasteiger partial charge on any atom is -0.493 e. The van der Waals surface area contributed by atoms with E-state index in [1.54, 1.807) is 0 Å². The topological polar surface area (TPSA) is 117 Å². The molecule has 0 radical (unpaired) electrons. The molecule has 9 heteroatoms. The van der Waals surface area contributed by atoms with Gasteiger partial charge in [-0.3, -0.25) is 4.79 Å². The zero-order chi connectivity index (χ0) is 23.7. The number of rotatable bonds is 5. The summed E-state index contributed by atoms with van der Waals surface area (Å²) in [7, 11) is 0. The van der Waals surface area contributed by atoms with E-state index < -0.39 is 6.09 Å². The molecule has 2 N–H and O–H groups in total. The van der Waals surface area contributed by atoms with Crippen molar-refractivity contribution in [3.05, 3.63) is 48.0 Å². The molecule has 0 spiro atoms. The molecule has 3 aromatic rings. The predicted molar refractivity (Wildman–Crippen MR) is 126 cm³/mol. The molecule has 1 atom stereocenters. The third-order valence-corrected chi connectivity index (χ3v) is 6.40. The highest BCUT2D eigenvalue weighted by atomic mass is 16.5. The van der Waals surface area contributed by atoms with E-state index in [1.807, 2.05) is 49.4 Å². The molecule has 2 amide bonds. The van der Waals surface area contributed by atoms with Crippen LogP contribution < -0.4 is 10.2 Å². The summed E-state index contributed by atoms with van der Waals surface area (Å²) >= 11 is 0. The van der Waals surface area contributed by atoms with Gasteiger partial charge in [-0.15, -0.1) is 0 Å². The number of benzene rings is 2. The van der Waals surface area contributed by atoms with E-state index in [-0.39, 0.29) is 11.8 Å². The molecule has 5 rings (SSSR count). The molecule has 0 aliphatic carbocycles. The van der Waals surface area contributed by atoms with Crippen LogP contribution in [0.1, 0.15) is 31.7 Å². The lowest BCUT2D eigenvalue weighted by molar-refractivity contribution is -0.121. The fourth-order valence-electron chi connectivity index (χ4n) is 4.43. The Kier molecular flexibility index (Phi) is 5.91. The molecule has 3 heterocycles. The number of fused-ring (bicyclic) bond motifs is 1. The second-order valence-corrected chi connectivity index (χ2v) is 8.89. The summed E-state index contributed by atoms with van der Waals surface area (Å²) in [6.45, 7) is 3.62. The molecular weight excluding hydrogens is 436 g/mol. The number of carbonyl (C=O) groups is 2. The van der Waals surface area contributed by atoms with Crippen molar-refractivity contribution in [2.24, 2.45) is 16.9 Å². The minimum absolute atomic E-state index is 0.0267. The van der Waals surface area contributed by atoms with Crippen molar-refractivity contribution in [1.29, 1.82) is 0 Å². The van der Waals surface area contributed by atoms with Crippen LogP contribution >= 0.6 is 0 Å². The summed E-state index contributed by atoms with van der Waals surface area (Å²) in [4.78, 5) is 28.7. The molecule has 2 aliphatic heterocycles. The third kappa shape index (κ3) is 4.59. The average Bonchev–Trinajstić information content (AvgIpc) is 3.27. The Hall–Kier alpha value is -3.88. The maximum absolute atomic E-state index is 11.5. The molecule has 34 heavy (non-hydrogen) atoms. The van der Waals surface area contributed by atoms with E-state index in [0.29, 0.717) is 43.5 Å². The van der Waals surface area contributed by atoms with E-state index in [1.165, 1.54) is 4.90 Å². The molecule has 1 saturated heterocycles. The summed E-state index contributed by atoms with van der Waals surface area (Å²) in [6.07, 6.45) is 1.15. The quantitative estimate of drug-likeness (QED) is 0.589. The summed E-state index contributed by atoms with van der Waals surface area (Å²) in [5, 5.41) is 13.3. The normalized spacial score (nSPS) is 19.1. The smallest absolute Gasteiger partial charge is 0.407 e. The molecule has 2 aliphatic rings. The number of hydrazone groups is 1. The number of hydrogen-bond acceptors (Lipinski definition) is 6. The zero-order valence-electron chi connectivity index (χ0n) is 18.9. The zero-order valence-corrected chi connectivity index (χ0v) is 18.9. The van der Waals surface area contributed by atoms with Crippen LogP contribution in [-0.2, 0) is 4.79 Å². The first-order chi connectivity index (χ1) is 16.5. The van der Waals surface area contributed by atoms with Crippen LogP contribution in [0.5, 0.6) is 5.75 Å². The van der Waals surface area contributed by atoms with Crippen LogP contribution in [0.4, 0.5) is 4.79 Å². The van der Waals surface area contributed by atoms with Crippen molar-refractivity contribution in [3.8, 4) is 17.2 Å². The summed E-state index contributed by atoms with van der Waals surface area (Å²) in [6, 6.07) is 13.4. The van der Waals surface area contributed by atoms with Crippen LogP contribution in [0.15, 0.2) is 52.0 Å². The van der Waals surface area contributed by atoms with E-state index in [4.69, 9.17) is 14.3 Å². The van der Waals surface area contributed by atoms with Gasteiger partial charge in [-0.1, -0.05) is 19.1 Å². The molecule has 176 valence electrons. The van der Waals surface area contributed by atoms with Gasteiger partial charge in [-0.05, 0) is 49.1 Å². The highest BCUT2D eigenvalue weighted by molar-refractivity contribution is 6.07. The van der Waals surface area contributed by atoms with Gasteiger partial charge in [0.1, 0.15) is 11.3 Å². The van der Waals surface area contributed by atoms with Crippen LogP contribution in [-0.4, -0.2) is 52.4 Å². The van der Waals surface area contributed by atoms with Crippen LogP contribution in [0, 0.1) is 11.8 Å². The second kappa shape index (κ2) is 9.17. The van der Waals surface area contributed by atoms with Gasteiger partial charge in [0.25, 0.3) is 0 Å². The molecule has 9 nitrogen and oxygen atoms in total. The van der Waals surface area contributed by atoms with Crippen LogP contribution in [0.2, 0.25) is 0 Å². The fraction of sp³-hybridized carbons (Fsp3) is 0.360. The Morgan fingerprint density at radius 1 is 1.21 bits per heavy atom. The summed E-state index contributed by atoms with van der Waals surface area (Å²) in [5.74, 6) is 1.50. The Labute approximate surface area is 196 Å². The van der Waals surface area contributed by atoms with Gasteiger partial charge in [0, 0.05) is 36.6 Å². The largest absolute Gasteiger partial charge is 0.493 e. The van der Waals surface area contributed by atoms with Gasteiger partial charge in [0.15, 0.2) is 5.58 Å². The molecule has 0 saturated carbocycles. The number of amides is 2. The Balaban J connectivity index is 1.29. The van der Waals surface area contributed by atoms with Crippen molar-refractivity contribution in [2.75, 3.05) is 19.7 Å². The SMILES string of the molecule is CC1CC(=O)NN=C1c1ccc2nc(-c3cccc(OCC4CCN(C(=O)O)CC4)c3)oc2c1. The lowest BCUT2D eigenvalue weighted by Crippen LogP contribution is -2.38. The number of oxazole rings is 1. The number of piperidine rings is 1. The number of nitrogens with zero attached hydrogens (tertiary/aromatic N) is 3. The van der Waals surface area contributed by atoms with Gasteiger partial charge in [0.05, 0.1) is 12.3 Å². The summed E-state index contributed by atoms with van der Waals surface area (Å²) < 4.78 is 12.1. The standard InChI is InChI=1S/C25H26N4O5/c1-15-11-22(30)27-28-23(15)17-5-6-20-21(13-17)34-24(26-20)18-3-2-4-19(12-18)33-14-16-7-9-29(10-8-16)25(31)32/h2-6,12-13,15-16H,7-11,14H2,1H3,(H,27,30)(H,31,32). The van der Waals surface area contributed by atoms with Crippen LogP contribution in [0.3, 0.4) is 0 Å². The molecule has 1 aromatic heterocycles. The number of carbonyl (C=O) groups excluding carboxylic acids is 1.